The molecule has 1 aliphatic heterocycles. The maximum atomic E-state index is 12.4. The lowest BCUT2D eigenvalue weighted by atomic mass is 10.2. The number of rotatable bonds is 2. The van der Waals surface area contributed by atoms with E-state index in [9.17, 15) is 4.79 Å². The zero-order chi connectivity index (χ0) is 17.8. The highest BCUT2D eigenvalue weighted by molar-refractivity contribution is 6.31. The maximum Gasteiger partial charge on any atom is 0.321 e. The third-order valence-corrected chi connectivity index (χ3v) is 4.74. The van der Waals surface area contributed by atoms with Crippen molar-refractivity contribution in [1.82, 2.24) is 4.90 Å². The van der Waals surface area contributed by atoms with Crippen molar-refractivity contribution in [3.8, 4) is 6.07 Å². The van der Waals surface area contributed by atoms with Crippen LogP contribution in [0.1, 0.15) is 11.1 Å². The van der Waals surface area contributed by atoms with Gasteiger partial charge < -0.3 is 15.1 Å². The van der Waals surface area contributed by atoms with Crippen LogP contribution >= 0.6 is 11.6 Å². The van der Waals surface area contributed by atoms with E-state index in [1.54, 1.807) is 17.0 Å². The van der Waals surface area contributed by atoms with Crippen molar-refractivity contribution in [2.75, 3.05) is 36.4 Å². The highest BCUT2D eigenvalue weighted by atomic mass is 35.5. The van der Waals surface area contributed by atoms with E-state index in [1.165, 1.54) is 0 Å². The van der Waals surface area contributed by atoms with Gasteiger partial charge in [0.15, 0.2) is 0 Å². The average Bonchev–Trinajstić information content (AvgIpc) is 2.65. The Hall–Kier alpha value is -2.71. The van der Waals surface area contributed by atoms with Crippen molar-refractivity contribution in [2.45, 2.75) is 6.92 Å². The number of amides is 2. The van der Waals surface area contributed by atoms with Gasteiger partial charge in [-0.15, -0.1) is 0 Å². The predicted molar refractivity (Wildman–Crippen MR) is 100 cm³/mol. The number of urea groups is 1. The smallest absolute Gasteiger partial charge is 0.321 e. The number of hydrogen-bond donors (Lipinski definition) is 1. The lowest BCUT2D eigenvalue weighted by molar-refractivity contribution is 0.208. The van der Waals surface area contributed by atoms with Gasteiger partial charge in [-0.3, -0.25) is 0 Å². The molecular weight excluding hydrogens is 336 g/mol. The molecule has 1 fully saturated rings. The van der Waals surface area contributed by atoms with Gasteiger partial charge in [-0.2, -0.15) is 5.26 Å². The van der Waals surface area contributed by atoms with Gasteiger partial charge in [0.2, 0.25) is 0 Å². The van der Waals surface area contributed by atoms with Crippen molar-refractivity contribution in [1.29, 1.82) is 5.26 Å². The number of piperazine rings is 1. The van der Waals surface area contributed by atoms with Crippen LogP contribution in [0, 0.1) is 18.3 Å². The topological polar surface area (TPSA) is 59.4 Å². The second-order valence-electron chi connectivity index (χ2n) is 6.03. The first kappa shape index (κ1) is 17.1. The number of hydrogen-bond acceptors (Lipinski definition) is 3. The largest absolute Gasteiger partial charge is 0.368 e. The van der Waals surface area contributed by atoms with E-state index in [1.807, 2.05) is 37.3 Å². The SMILES string of the molecule is Cc1ccc(NC(=O)N2CCN(c3cccc(C#N)c3)CC2)cc1Cl. The monoisotopic (exact) mass is 354 g/mol. The van der Waals surface area contributed by atoms with Gasteiger partial charge in [0.25, 0.3) is 0 Å². The summed E-state index contributed by atoms with van der Waals surface area (Å²) in [5.74, 6) is 0. The molecule has 0 unspecified atom stereocenters. The fraction of sp³-hybridized carbons (Fsp3) is 0.263. The zero-order valence-electron chi connectivity index (χ0n) is 14.0. The van der Waals surface area contributed by atoms with Gasteiger partial charge in [0, 0.05) is 42.6 Å². The molecule has 1 saturated heterocycles. The number of benzene rings is 2. The van der Waals surface area contributed by atoms with Crippen LogP contribution in [-0.4, -0.2) is 37.1 Å². The molecule has 3 rings (SSSR count). The number of carbonyl (C=O) groups is 1. The number of aryl methyl sites for hydroxylation is 1. The molecule has 0 bridgehead atoms. The summed E-state index contributed by atoms with van der Waals surface area (Å²) in [6, 6.07) is 15.1. The Balaban J connectivity index is 1.58. The number of anilines is 2. The molecule has 6 heteroatoms. The predicted octanol–water partition coefficient (Wildman–Crippen LogP) is 3.87. The summed E-state index contributed by atoms with van der Waals surface area (Å²) in [6.45, 7) is 4.65. The summed E-state index contributed by atoms with van der Waals surface area (Å²) in [4.78, 5) is 16.4. The first-order valence-electron chi connectivity index (χ1n) is 8.14. The molecule has 0 spiro atoms. The van der Waals surface area contributed by atoms with Crippen LogP contribution in [0.2, 0.25) is 5.02 Å². The molecule has 1 heterocycles. The van der Waals surface area contributed by atoms with E-state index in [0.717, 1.165) is 24.3 Å². The van der Waals surface area contributed by atoms with Gasteiger partial charge >= 0.3 is 6.03 Å². The molecule has 0 atom stereocenters. The van der Waals surface area contributed by atoms with Gasteiger partial charge in [-0.25, -0.2) is 4.79 Å². The standard InChI is InChI=1S/C19H19ClN4O/c1-14-5-6-16(12-18(14)20)22-19(25)24-9-7-23(8-10-24)17-4-2-3-15(11-17)13-21/h2-6,11-12H,7-10H2,1H3,(H,22,25). The third-order valence-electron chi connectivity index (χ3n) is 4.33. The fourth-order valence-electron chi connectivity index (χ4n) is 2.81. The van der Waals surface area contributed by atoms with Crippen LogP contribution < -0.4 is 10.2 Å². The lowest BCUT2D eigenvalue weighted by Crippen LogP contribution is -2.50. The second-order valence-corrected chi connectivity index (χ2v) is 6.44. The van der Waals surface area contributed by atoms with E-state index >= 15 is 0 Å². The minimum absolute atomic E-state index is 0.120. The third kappa shape index (κ3) is 4.04. The van der Waals surface area contributed by atoms with Crippen molar-refractivity contribution < 1.29 is 4.79 Å². The average molecular weight is 355 g/mol. The Labute approximate surface area is 152 Å². The van der Waals surface area contributed by atoms with Crippen LogP contribution in [0.25, 0.3) is 0 Å². The number of nitriles is 1. The molecule has 0 saturated carbocycles. The van der Waals surface area contributed by atoms with Gasteiger partial charge in [-0.05, 0) is 42.8 Å². The number of halogens is 1. The van der Waals surface area contributed by atoms with E-state index in [-0.39, 0.29) is 6.03 Å². The maximum absolute atomic E-state index is 12.4. The Bertz CT molecular complexity index is 822. The van der Waals surface area contributed by atoms with Gasteiger partial charge in [0.1, 0.15) is 0 Å². The summed E-state index contributed by atoms with van der Waals surface area (Å²) in [5.41, 5.74) is 3.34. The summed E-state index contributed by atoms with van der Waals surface area (Å²) in [5, 5.41) is 12.5. The van der Waals surface area contributed by atoms with Crippen LogP contribution in [-0.2, 0) is 0 Å². The minimum Gasteiger partial charge on any atom is -0.368 e. The van der Waals surface area contributed by atoms with E-state index in [2.05, 4.69) is 16.3 Å². The first-order valence-corrected chi connectivity index (χ1v) is 8.52. The van der Waals surface area contributed by atoms with E-state index in [0.29, 0.717) is 29.4 Å². The van der Waals surface area contributed by atoms with Crippen LogP contribution in [0.5, 0.6) is 0 Å². The molecule has 2 aromatic carbocycles. The number of carbonyl (C=O) groups excluding carboxylic acids is 1. The van der Waals surface area contributed by atoms with Crippen LogP contribution in [0.15, 0.2) is 42.5 Å². The van der Waals surface area contributed by atoms with Crippen molar-refractivity contribution in [2.24, 2.45) is 0 Å². The van der Waals surface area contributed by atoms with Crippen molar-refractivity contribution in [3.05, 3.63) is 58.6 Å². The van der Waals surface area contributed by atoms with Crippen LogP contribution in [0.4, 0.5) is 16.2 Å². The van der Waals surface area contributed by atoms with Crippen molar-refractivity contribution in [3.63, 3.8) is 0 Å². The second kappa shape index (κ2) is 7.45. The Morgan fingerprint density at radius 2 is 1.92 bits per heavy atom. The summed E-state index contributed by atoms with van der Waals surface area (Å²) < 4.78 is 0. The molecule has 5 nitrogen and oxygen atoms in total. The Kier molecular flexibility index (Phi) is 5.11. The molecule has 0 aromatic heterocycles. The molecule has 0 radical (unpaired) electrons. The normalized spacial score (nSPS) is 14.1. The summed E-state index contributed by atoms with van der Waals surface area (Å²) in [6.07, 6.45) is 0. The highest BCUT2D eigenvalue weighted by Crippen LogP contribution is 2.21. The first-order chi connectivity index (χ1) is 12.1. The molecule has 2 aromatic rings. The summed E-state index contributed by atoms with van der Waals surface area (Å²) in [7, 11) is 0. The van der Waals surface area contributed by atoms with Gasteiger partial charge in [-0.1, -0.05) is 23.7 Å². The molecule has 1 aliphatic rings. The van der Waals surface area contributed by atoms with Gasteiger partial charge in [0.05, 0.1) is 11.6 Å². The van der Waals surface area contributed by atoms with E-state index < -0.39 is 0 Å². The molecule has 1 N–H and O–H groups in total. The quantitative estimate of drug-likeness (QED) is 0.890. The lowest BCUT2D eigenvalue weighted by Gasteiger charge is -2.36. The number of nitrogens with one attached hydrogen (secondary N) is 1. The molecular formula is C19H19ClN4O. The Morgan fingerprint density at radius 1 is 1.16 bits per heavy atom. The molecule has 25 heavy (non-hydrogen) atoms. The minimum atomic E-state index is -0.120. The van der Waals surface area contributed by atoms with Crippen LogP contribution in [0.3, 0.4) is 0 Å². The molecule has 0 aliphatic carbocycles. The molecule has 2 amide bonds. The van der Waals surface area contributed by atoms with E-state index in [4.69, 9.17) is 16.9 Å². The van der Waals surface area contributed by atoms with Crippen molar-refractivity contribution >= 4 is 29.0 Å². The fourth-order valence-corrected chi connectivity index (χ4v) is 2.99. The highest BCUT2D eigenvalue weighted by Gasteiger charge is 2.21. The Morgan fingerprint density at radius 3 is 2.60 bits per heavy atom. The molecule has 128 valence electrons. The summed E-state index contributed by atoms with van der Waals surface area (Å²) >= 11 is 6.10. The number of nitrogens with zero attached hydrogens (tertiary/aromatic N) is 3. The zero-order valence-corrected chi connectivity index (χ0v) is 14.8.